The first-order valence-electron chi connectivity index (χ1n) is 9.33. The van der Waals surface area contributed by atoms with Crippen molar-refractivity contribution in [3.8, 4) is 0 Å². The maximum Gasteiger partial charge on any atom is 0.332 e. The van der Waals surface area contributed by atoms with Crippen LogP contribution >= 0.6 is 0 Å². The summed E-state index contributed by atoms with van der Waals surface area (Å²) in [4.78, 5) is 63.3. The van der Waals surface area contributed by atoms with Crippen molar-refractivity contribution in [1.82, 2.24) is 18.7 Å². The van der Waals surface area contributed by atoms with Crippen LogP contribution < -0.4 is 16.6 Å². The minimum Gasteiger partial charge on any atom is -0.454 e. The molecular weight excluding hydrogens is 424 g/mol. The van der Waals surface area contributed by atoms with Crippen molar-refractivity contribution in [2.45, 2.75) is 20.4 Å². The number of amides is 1. The van der Waals surface area contributed by atoms with Gasteiger partial charge < -0.3 is 14.6 Å². The van der Waals surface area contributed by atoms with E-state index in [2.05, 4.69) is 10.3 Å². The molecule has 0 fully saturated rings. The number of hydrogen-bond acceptors (Lipinski definition) is 8. The molecule has 13 nitrogen and oxygen atoms in total. The van der Waals surface area contributed by atoms with Crippen LogP contribution in [0.15, 0.2) is 28.0 Å². The van der Waals surface area contributed by atoms with E-state index in [4.69, 9.17) is 4.74 Å². The molecule has 13 heteroatoms. The molecule has 3 aromatic rings. The number of nitro benzene ring substituents is 1. The number of aromatic nitrogens is 4. The highest BCUT2D eigenvalue weighted by atomic mass is 16.6. The second-order valence-electron chi connectivity index (χ2n) is 7.17. The van der Waals surface area contributed by atoms with Crippen molar-refractivity contribution in [3.05, 3.63) is 60.5 Å². The van der Waals surface area contributed by atoms with Gasteiger partial charge in [0.25, 0.3) is 17.2 Å². The van der Waals surface area contributed by atoms with E-state index in [0.717, 1.165) is 10.1 Å². The number of benzene rings is 1. The molecule has 0 aliphatic heterocycles. The average molecular weight is 444 g/mol. The van der Waals surface area contributed by atoms with Gasteiger partial charge in [0.15, 0.2) is 17.8 Å². The van der Waals surface area contributed by atoms with Gasteiger partial charge in [-0.3, -0.25) is 33.6 Å². The third-order valence-corrected chi connectivity index (χ3v) is 4.96. The molecule has 1 aromatic carbocycles. The lowest BCUT2D eigenvalue weighted by Gasteiger charge is -2.10. The normalized spacial score (nSPS) is 10.9. The van der Waals surface area contributed by atoms with Gasteiger partial charge in [0.2, 0.25) is 0 Å². The molecule has 1 amide bonds. The van der Waals surface area contributed by atoms with E-state index in [-0.39, 0.29) is 22.5 Å². The molecular formula is C19H20N6O7. The minimum absolute atomic E-state index is 0.0100. The molecule has 0 bridgehead atoms. The van der Waals surface area contributed by atoms with Crippen LogP contribution in [0, 0.1) is 24.0 Å². The number of fused-ring (bicyclic) bond motifs is 1. The molecule has 0 saturated heterocycles. The van der Waals surface area contributed by atoms with Crippen LogP contribution in [0.3, 0.4) is 0 Å². The Morgan fingerprint density at radius 3 is 2.47 bits per heavy atom. The largest absolute Gasteiger partial charge is 0.454 e. The Morgan fingerprint density at radius 1 is 1.16 bits per heavy atom. The van der Waals surface area contributed by atoms with Gasteiger partial charge in [-0.2, -0.15) is 0 Å². The number of nitro groups is 1. The molecule has 0 spiro atoms. The van der Waals surface area contributed by atoms with Crippen LogP contribution in [-0.2, 0) is 35.0 Å². The lowest BCUT2D eigenvalue weighted by Crippen LogP contribution is -2.37. The number of carbonyl (C=O) groups is 2. The Hall–Kier alpha value is -4.29. The van der Waals surface area contributed by atoms with Crippen molar-refractivity contribution in [2.75, 3.05) is 11.9 Å². The fourth-order valence-electron chi connectivity index (χ4n) is 3.09. The van der Waals surface area contributed by atoms with E-state index in [0.29, 0.717) is 5.56 Å². The molecule has 1 N–H and O–H groups in total. The lowest BCUT2D eigenvalue weighted by atomic mass is 10.1. The molecule has 0 atom stereocenters. The van der Waals surface area contributed by atoms with Crippen LogP contribution in [0.1, 0.15) is 11.1 Å². The molecule has 2 aromatic heterocycles. The van der Waals surface area contributed by atoms with Crippen molar-refractivity contribution >= 4 is 34.4 Å². The average Bonchev–Trinajstić information content (AvgIpc) is 3.15. The molecule has 3 rings (SSSR count). The number of carbonyl (C=O) groups excluding carboxylic acids is 2. The van der Waals surface area contributed by atoms with E-state index in [1.54, 1.807) is 13.8 Å². The first-order chi connectivity index (χ1) is 15.0. The van der Waals surface area contributed by atoms with Gasteiger partial charge in [0.05, 0.1) is 11.3 Å². The van der Waals surface area contributed by atoms with Gasteiger partial charge in [-0.1, -0.05) is 0 Å². The van der Waals surface area contributed by atoms with E-state index >= 15 is 0 Å². The third-order valence-electron chi connectivity index (χ3n) is 4.96. The monoisotopic (exact) mass is 444 g/mol. The number of hydrogen-bond donors (Lipinski definition) is 1. The van der Waals surface area contributed by atoms with Gasteiger partial charge in [0.1, 0.15) is 12.2 Å². The minimum atomic E-state index is -0.843. The molecule has 32 heavy (non-hydrogen) atoms. The highest BCUT2D eigenvalue weighted by Gasteiger charge is 2.20. The first-order valence-corrected chi connectivity index (χ1v) is 9.33. The SMILES string of the molecule is Cc1cc(NC(=O)COC(=O)Cn2cnc3c2c(=O)n(C)c(=O)n3C)c([N+](=O)[O-])cc1C. The number of anilines is 1. The van der Waals surface area contributed by atoms with Crippen molar-refractivity contribution in [1.29, 1.82) is 0 Å². The third kappa shape index (κ3) is 4.12. The van der Waals surface area contributed by atoms with Crippen LogP contribution in [0.25, 0.3) is 11.2 Å². The zero-order chi connectivity index (χ0) is 23.7. The summed E-state index contributed by atoms with van der Waals surface area (Å²) >= 11 is 0. The summed E-state index contributed by atoms with van der Waals surface area (Å²) in [6.07, 6.45) is 1.21. The summed E-state index contributed by atoms with van der Waals surface area (Å²) in [5.74, 6) is -1.61. The summed E-state index contributed by atoms with van der Waals surface area (Å²) in [5.41, 5.74) is 0.0829. The zero-order valence-corrected chi connectivity index (χ0v) is 17.7. The molecule has 168 valence electrons. The predicted molar refractivity (Wildman–Crippen MR) is 112 cm³/mol. The number of imidazole rings is 1. The van der Waals surface area contributed by atoms with Gasteiger partial charge in [-0.25, -0.2) is 9.78 Å². The second kappa shape index (κ2) is 8.45. The Labute approximate surface area is 180 Å². The van der Waals surface area contributed by atoms with Crippen LogP contribution in [0.5, 0.6) is 0 Å². The van der Waals surface area contributed by atoms with Gasteiger partial charge in [-0.15, -0.1) is 0 Å². The summed E-state index contributed by atoms with van der Waals surface area (Å²) in [7, 11) is 2.74. The number of aryl methyl sites for hydroxylation is 3. The smallest absolute Gasteiger partial charge is 0.332 e. The maximum atomic E-state index is 12.4. The fraction of sp³-hybridized carbons (Fsp3) is 0.316. The van der Waals surface area contributed by atoms with Gasteiger partial charge in [0, 0.05) is 20.2 Å². The van der Waals surface area contributed by atoms with Crippen molar-refractivity contribution in [2.24, 2.45) is 14.1 Å². The van der Waals surface area contributed by atoms with Gasteiger partial charge >= 0.3 is 11.7 Å². The molecule has 0 saturated carbocycles. The number of nitrogens with zero attached hydrogens (tertiary/aromatic N) is 5. The van der Waals surface area contributed by atoms with Crippen LogP contribution in [0.2, 0.25) is 0 Å². The van der Waals surface area contributed by atoms with E-state index < -0.39 is 41.2 Å². The molecule has 0 unspecified atom stereocenters. The van der Waals surface area contributed by atoms with Crippen molar-refractivity contribution < 1.29 is 19.2 Å². The van der Waals surface area contributed by atoms with E-state index in [9.17, 15) is 29.3 Å². The highest BCUT2D eigenvalue weighted by molar-refractivity contribution is 5.95. The highest BCUT2D eigenvalue weighted by Crippen LogP contribution is 2.27. The van der Waals surface area contributed by atoms with E-state index in [1.807, 2.05) is 0 Å². The number of ether oxygens (including phenoxy) is 1. The Kier molecular flexibility index (Phi) is 5.91. The summed E-state index contributed by atoms with van der Waals surface area (Å²) in [6, 6.07) is 2.81. The quantitative estimate of drug-likeness (QED) is 0.319. The summed E-state index contributed by atoms with van der Waals surface area (Å²) in [5, 5.41) is 13.6. The standard InChI is InChI=1S/C19H20N6O7/c1-10-5-12(13(25(30)31)6-11(10)2)21-14(26)8-32-15(27)7-24-9-20-17-16(24)18(28)23(4)19(29)22(17)3/h5-6,9H,7-8H2,1-4H3,(H,21,26). The zero-order valence-electron chi connectivity index (χ0n) is 17.7. The fourth-order valence-corrected chi connectivity index (χ4v) is 3.09. The first kappa shape index (κ1) is 22.4. The lowest BCUT2D eigenvalue weighted by molar-refractivity contribution is -0.384. The van der Waals surface area contributed by atoms with E-state index in [1.165, 1.54) is 41.7 Å². The number of nitrogens with one attached hydrogen (secondary N) is 1. The van der Waals surface area contributed by atoms with Crippen molar-refractivity contribution in [3.63, 3.8) is 0 Å². The maximum absolute atomic E-state index is 12.4. The molecule has 2 heterocycles. The molecule has 0 aliphatic rings. The Balaban J connectivity index is 1.71. The number of esters is 1. The molecule has 0 radical (unpaired) electrons. The number of rotatable bonds is 6. The Bertz CT molecular complexity index is 1380. The predicted octanol–water partition coefficient (Wildman–Crippen LogP) is 0.141. The van der Waals surface area contributed by atoms with Crippen LogP contribution in [-0.4, -0.2) is 42.1 Å². The van der Waals surface area contributed by atoms with Gasteiger partial charge in [-0.05, 0) is 31.0 Å². The topological polar surface area (TPSA) is 160 Å². The summed E-state index contributed by atoms with van der Waals surface area (Å²) < 4.78 is 8.20. The second-order valence-corrected chi connectivity index (χ2v) is 7.17. The Morgan fingerprint density at radius 2 is 1.81 bits per heavy atom. The van der Waals surface area contributed by atoms with Crippen LogP contribution in [0.4, 0.5) is 11.4 Å². The molecule has 0 aliphatic carbocycles. The summed E-state index contributed by atoms with van der Waals surface area (Å²) in [6.45, 7) is 2.33.